The number of benzene rings is 1. The Bertz CT molecular complexity index is 664. The van der Waals surface area contributed by atoms with Crippen LogP contribution in [0.25, 0.3) is 0 Å². The van der Waals surface area contributed by atoms with Crippen LogP contribution in [-0.4, -0.2) is 14.9 Å². The van der Waals surface area contributed by atoms with Gasteiger partial charge in [-0.3, -0.25) is 10.1 Å². The zero-order valence-electron chi connectivity index (χ0n) is 10.4. The zero-order chi connectivity index (χ0) is 14.7. The second-order valence-corrected chi connectivity index (χ2v) is 4.76. The van der Waals surface area contributed by atoms with Crippen LogP contribution in [0.3, 0.4) is 0 Å². The van der Waals surface area contributed by atoms with Gasteiger partial charge in [0.05, 0.1) is 4.92 Å². The molecular weight excluding hydrogens is 303 g/mol. The molecule has 0 aliphatic heterocycles. The van der Waals surface area contributed by atoms with Gasteiger partial charge in [0.25, 0.3) is 5.69 Å². The highest BCUT2D eigenvalue weighted by Gasteiger charge is 2.09. The van der Waals surface area contributed by atoms with Gasteiger partial charge >= 0.3 is 0 Å². The molecule has 1 N–H and O–H groups in total. The maximum Gasteiger partial charge on any atom is 0.271 e. The normalized spacial score (nSPS) is 10.3. The van der Waals surface area contributed by atoms with E-state index in [0.29, 0.717) is 17.8 Å². The summed E-state index contributed by atoms with van der Waals surface area (Å²) in [6.45, 7) is 2.20. The van der Waals surface area contributed by atoms with Crippen molar-refractivity contribution in [3.05, 3.63) is 56.1 Å². The number of nitrogens with one attached hydrogen (secondary N) is 1. The van der Waals surface area contributed by atoms with Gasteiger partial charge in [-0.25, -0.2) is 9.97 Å². The summed E-state index contributed by atoms with van der Waals surface area (Å²) in [6.07, 6.45) is 1.51. The van der Waals surface area contributed by atoms with E-state index in [0.717, 1.165) is 5.56 Å². The molecule has 1 aromatic heterocycles. The topological polar surface area (TPSA) is 81.0 Å². The molecule has 0 bridgehead atoms. The lowest BCUT2D eigenvalue weighted by Gasteiger charge is -2.10. The van der Waals surface area contributed by atoms with Gasteiger partial charge in [0.2, 0.25) is 5.28 Å². The molecule has 2 aromatic rings. The zero-order valence-corrected chi connectivity index (χ0v) is 11.9. The van der Waals surface area contributed by atoms with Crippen LogP contribution < -0.4 is 5.32 Å². The number of nitro groups is 1. The van der Waals surface area contributed by atoms with Gasteiger partial charge in [-0.05, 0) is 24.1 Å². The molecule has 6 nitrogen and oxygen atoms in total. The molecule has 0 amide bonds. The standard InChI is InChI=1S/C12H10Cl2N4O2/c1-7-2-3-9(18(19)20)4-10(7)15-5-8-6-16-12(14)17-11(8)13/h2-4,6,15H,5H2,1H3. The van der Waals surface area contributed by atoms with E-state index in [9.17, 15) is 10.1 Å². The Kier molecular flexibility index (Phi) is 4.36. The minimum absolute atomic E-state index is 0.0246. The molecule has 1 heterocycles. The average Bonchev–Trinajstić information content (AvgIpc) is 2.39. The Morgan fingerprint density at radius 3 is 2.80 bits per heavy atom. The summed E-state index contributed by atoms with van der Waals surface area (Å²) < 4.78 is 0. The summed E-state index contributed by atoms with van der Waals surface area (Å²) in [5, 5.41) is 14.1. The van der Waals surface area contributed by atoms with Gasteiger partial charge in [-0.2, -0.15) is 0 Å². The van der Waals surface area contributed by atoms with Crippen molar-refractivity contribution < 1.29 is 4.92 Å². The van der Waals surface area contributed by atoms with Crippen molar-refractivity contribution in [3.63, 3.8) is 0 Å². The van der Waals surface area contributed by atoms with Crippen molar-refractivity contribution in [2.24, 2.45) is 0 Å². The molecule has 0 spiro atoms. The highest BCUT2D eigenvalue weighted by atomic mass is 35.5. The van der Waals surface area contributed by atoms with Crippen LogP contribution in [0.4, 0.5) is 11.4 Å². The smallest absolute Gasteiger partial charge is 0.271 e. The third-order valence-corrected chi connectivity index (χ3v) is 3.19. The first kappa shape index (κ1) is 14.5. The number of nitrogens with zero attached hydrogens (tertiary/aromatic N) is 3. The molecule has 20 heavy (non-hydrogen) atoms. The molecule has 0 atom stereocenters. The fourth-order valence-electron chi connectivity index (χ4n) is 1.59. The second kappa shape index (κ2) is 6.02. The first-order valence-electron chi connectivity index (χ1n) is 5.63. The Morgan fingerprint density at radius 1 is 1.40 bits per heavy atom. The summed E-state index contributed by atoms with van der Waals surface area (Å²) in [7, 11) is 0. The van der Waals surface area contributed by atoms with Crippen LogP contribution in [0.15, 0.2) is 24.4 Å². The van der Waals surface area contributed by atoms with E-state index in [1.54, 1.807) is 6.07 Å². The molecule has 0 unspecified atom stereocenters. The van der Waals surface area contributed by atoms with Gasteiger partial charge in [0.15, 0.2) is 0 Å². The van der Waals surface area contributed by atoms with E-state index < -0.39 is 4.92 Å². The van der Waals surface area contributed by atoms with Crippen molar-refractivity contribution in [1.29, 1.82) is 0 Å². The van der Waals surface area contributed by atoms with Crippen LogP contribution in [0.5, 0.6) is 0 Å². The molecular formula is C12H10Cl2N4O2. The van der Waals surface area contributed by atoms with E-state index in [4.69, 9.17) is 23.2 Å². The molecule has 0 saturated carbocycles. The predicted molar refractivity (Wildman–Crippen MR) is 77.2 cm³/mol. The lowest BCUT2D eigenvalue weighted by atomic mass is 10.1. The van der Waals surface area contributed by atoms with Gasteiger partial charge in [0, 0.05) is 36.1 Å². The third kappa shape index (κ3) is 3.34. The van der Waals surface area contributed by atoms with E-state index in [1.807, 2.05) is 6.92 Å². The van der Waals surface area contributed by atoms with Gasteiger partial charge in [-0.15, -0.1) is 0 Å². The first-order chi connectivity index (χ1) is 9.47. The minimum Gasteiger partial charge on any atom is -0.380 e. The molecule has 2 rings (SSSR count). The summed E-state index contributed by atoms with van der Waals surface area (Å²) in [5.41, 5.74) is 2.23. The predicted octanol–water partition coefficient (Wildman–Crippen LogP) is 3.61. The molecule has 0 aliphatic carbocycles. The lowest BCUT2D eigenvalue weighted by molar-refractivity contribution is -0.384. The number of hydrogen-bond acceptors (Lipinski definition) is 5. The van der Waals surface area contributed by atoms with Crippen molar-refractivity contribution in [2.45, 2.75) is 13.5 Å². The van der Waals surface area contributed by atoms with Gasteiger partial charge in [-0.1, -0.05) is 17.7 Å². The lowest BCUT2D eigenvalue weighted by Crippen LogP contribution is -2.04. The SMILES string of the molecule is Cc1ccc([N+](=O)[O-])cc1NCc1cnc(Cl)nc1Cl. The summed E-state index contributed by atoms with van der Waals surface area (Å²) >= 11 is 11.5. The number of nitro benzene ring substituents is 1. The average molecular weight is 313 g/mol. The molecule has 0 radical (unpaired) electrons. The Morgan fingerprint density at radius 2 is 2.15 bits per heavy atom. The molecule has 104 valence electrons. The number of hydrogen-bond donors (Lipinski definition) is 1. The Hall–Kier alpha value is -1.92. The minimum atomic E-state index is -0.441. The number of aryl methyl sites for hydroxylation is 1. The van der Waals surface area contributed by atoms with Crippen LogP contribution in [0.2, 0.25) is 10.4 Å². The Balaban J connectivity index is 2.18. The van der Waals surface area contributed by atoms with E-state index in [1.165, 1.54) is 18.3 Å². The number of anilines is 1. The van der Waals surface area contributed by atoms with Crippen LogP contribution >= 0.6 is 23.2 Å². The van der Waals surface area contributed by atoms with Crippen LogP contribution in [0, 0.1) is 17.0 Å². The first-order valence-corrected chi connectivity index (χ1v) is 6.39. The fourth-order valence-corrected chi connectivity index (χ4v) is 1.96. The molecule has 0 saturated heterocycles. The van der Waals surface area contributed by atoms with Gasteiger partial charge in [0.1, 0.15) is 5.15 Å². The van der Waals surface area contributed by atoms with E-state index in [2.05, 4.69) is 15.3 Å². The monoisotopic (exact) mass is 312 g/mol. The maximum atomic E-state index is 10.8. The Labute approximate surface area is 124 Å². The highest BCUT2D eigenvalue weighted by Crippen LogP contribution is 2.23. The molecule has 8 heteroatoms. The van der Waals surface area contributed by atoms with Crippen LogP contribution in [-0.2, 0) is 6.54 Å². The molecule has 1 aromatic carbocycles. The quantitative estimate of drug-likeness (QED) is 0.403. The fraction of sp³-hybridized carbons (Fsp3) is 0.167. The van der Waals surface area contributed by atoms with Gasteiger partial charge < -0.3 is 5.32 Å². The number of non-ortho nitro benzene ring substituents is 1. The van der Waals surface area contributed by atoms with Crippen LogP contribution in [0.1, 0.15) is 11.1 Å². The second-order valence-electron chi connectivity index (χ2n) is 4.06. The number of aromatic nitrogens is 2. The summed E-state index contributed by atoms with van der Waals surface area (Å²) in [4.78, 5) is 18.0. The van der Waals surface area contributed by atoms with E-state index in [-0.39, 0.29) is 16.1 Å². The van der Waals surface area contributed by atoms with Crippen molar-refractivity contribution >= 4 is 34.6 Å². The third-order valence-electron chi connectivity index (χ3n) is 2.68. The van der Waals surface area contributed by atoms with Crippen molar-refractivity contribution in [3.8, 4) is 0 Å². The van der Waals surface area contributed by atoms with E-state index >= 15 is 0 Å². The number of rotatable bonds is 4. The number of halogens is 2. The van der Waals surface area contributed by atoms with Crippen molar-refractivity contribution in [1.82, 2.24) is 9.97 Å². The summed E-state index contributed by atoms with van der Waals surface area (Å²) in [5.74, 6) is 0. The molecule has 0 aliphatic rings. The maximum absolute atomic E-state index is 10.8. The molecule has 0 fully saturated rings. The highest BCUT2D eigenvalue weighted by molar-refractivity contribution is 6.32. The largest absolute Gasteiger partial charge is 0.380 e. The van der Waals surface area contributed by atoms with Crippen molar-refractivity contribution in [2.75, 3.05) is 5.32 Å². The summed E-state index contributed by atoms with van der Waals surface area (Å²) in [6, 6.07) is 4.61.